The molecule has 1 amide bonds. The second-order valence-corrected chi connectivity index (χ2v) is 10.9. The summed E-state index contributed by atoms with van der Waals surface area (Å²) < 4.78 is 17.2. The van der Waals surface area contributed by atoms with Crippen LogP contribution in [0.1, 0.15) is 81.3 Å². The molecular formula is C27H32N4O3S. The summed E-state index contributed by atoms with van der Waals surface area (Å²) >= 11 is 0. The van der Waals surface area contributed by atoms with Crippen molar-refractivity contribution >= 4 is 16.9 Å². The van der Waals surface area contributed by atoms with Crippen LogP contribution in [0.4, 0.5) is 0 Å². The van der Waals surface area contributed by atoms with Gasteiger partial charge in [-0.1, -0.05) is 45.9 Å². The van der Waals surface area contributed by atoms with Crippen molar-refractivity contribution in [3.8, 4) is 11.8 Å². The molecule has 0 fully saturated rings. The summed E-state index contributed by atoms with van der Waals surface area (Å²) in [5.74, 6) is -0.175. The van der Waals surface area contributed by atoms with Crippen LogP contribution in [0.3, 0.4) is 0 Å². The fourth-order valence-electron chi connectivity index (χ4n) is 4.02. The van der Waals surface area contributed by atoms with Crippen molar-refractivity contribution in [2.45, 2.75) is 70.4 Å². The number of nitriles is 1. The number of nitrogens with zero attached hydrogens (tertiary/aromatic N) is 3. The average molecular weight is 493 g/mol. The molecule has 35 heavy (non-hydrogen) atoms. The second kappa shape index (κ2) is 10.5. The number of rotatable bonds is 8. The number of aliphatic hydroxyl groups is 1. The highest BCUT2D eigenvalue weighted by Gasteiger charge is 2.26. The molecule has 1 atom stereocenters. The van der Waals surface area contributed by atoms with E-state index in [0.29, 0.717) is 16.9 Å². The number of benzene rings is 2. The van der Waals surface area contributed by atoms with Gasteiger partial charge in [0.1, 0.15) is 5.60 Å². The standard InChI is InChI=1S/C27H32N4O3S/c1-17(2)21-12-19(16-28)13-22(18(3)4)23(21)14-25(32)30-35(34)26-15-24(27(5,6)33)31(29-26)20-10-8-7-9-11-20/h7-13,15,17-18,33H,14H2,1-6H3,(H,30,32). The van der Waals surface area contributed by atoms with Crippen LogP contribution in [0.5, 0.6) is 0 Å². The number of carbonyl (C=O) groups excluding carboxylic acids is 1. The minimum absolute atomic E-state index is 0.0379. The van der Waals surface area contributed by atoms with Crippen LogP contribution in [-0.4, -0.2) is 25.0 Å². The topological polar surface area (TPSA) is 108 Å². The number of para-hydroxylation sites is 1. The molecule has 0 aliphatic carbocycles. The Morgan fingerprint density at radius 3 is 2.17 bits per heavy atom. The molecule has 0 aliphatic heterocycles. The Morgan fingerprint density at radius 2 is 1.69 bits per heavy atom. The van der Waals surface area contributed by atoms with E-state index in [-0.39, 0.29) is 23.3 Å². The molecule has 1 heterocycles. The molecule has 3 rings (SSSR count). The first-order valence-corrected chi connectivity index (χ1v) is 12.7. The van der Waals surface area contributed by atoms with Crippen LogP contribution >= 0.6 is 0 Å². The van der Waals surface area contributed by atoms with Gasteiger partial charge in [-0.2, -0.15) is 10.4 Å². The summed E-state index contributed by atoms with van der Waals surface area (Å²) in [6.45, 7) is 11.3. The summed E-state index contributed by atoms with van der Waals surface area (Å²) in [5.41, 5.74) is 3.22. The molecule has 0 saturated carbocycles. The summed E-state index contributed by atoms with van der Waals surface area (Å²) in [5, 5.41) is 24.6. The predicted molar refractivity (Wildman–Crippen MR) is 136 cm³/mol. The highest BCUT2D eigenvalue weighted by Crippen LogP contribution is 2.30. The number of hydrogen-bond donors (Lipinski definition) is 2. The molecule has 2 N–H and O–H groups in total. The summed E-state index contributed by atoms with van der Waals surface area (Å²) in [6, 6.07) is 16.6. The molecule has 0 bridgehead atoms. The van der Waals surface area contributed by atoms with Gasteiger partial charge in [0.25, 0.3) is 0 Å². The van der Waals surface area contributed by atoms with Gasteiger partial charge in [0, 0.05) is 6.07 Å². The van der Waals surface area contributed by atoms with E-state index in [0.717, 1.165) is 16.7 Å². The van der Waals surface area contributed by atoms with Crippen LogP contribution < -0.4 is 4.72 Å². The molecule has 184 valence electrons. The third kappa shape index (κ3) is 6.05. The van der Waals surface area contributed by atoms with Crippen molar-refractivity contribution in [2.24, 2.45) is 0 Å². The van der Waals surface area contributed by atoms with Crippen LogP contribution in [0, 0.1) is 11.3 Å². The fourth-order valence-corrected chi connectivity index (χ4v) is 4.78. The summed E-state index contributed by atoms with van der Waals surface area (Å²) in [4.78, 5) is 13.0. The van der Waals surface area contributed by atoms with Crippen molar-refractivity contribution < 1.29 is 14.1 Å². The minimum atomic E-state index is -1.92. The number of amides is 1. The van der Waals surface area contributed by atoms with E-state index in [1.165, 1.54) is 4.68 Å². The van der Waals surface area contributed by atoms with E-state index in [2.05, 4.69) is 15.9 Å². The van der Waals surface area contributed by atoms with Crippen molar-refractivity contribution in [3.63, 3.8) is 0 Å². The summed E-state index contributed by atoms with van der Waals surface area (Å²) in [7, 11) is -1.92. The van der Waals surface area contributed by atoms with Gasteiger partial charge in [0.15, 0.2) is 16.0 Å². The number of carbonyl (C=O) groups is 1. The molecule has 2 aromatic carbocycles. The van der Waals surface area contributed by atoms with E-state index < -0.39 is 22.5 Å². The smallest absolute Gasteiger partial charge is 0.236 e. The molecule has 8 heteroatoms. The molecule has 1 aromatic heterocycles. The second-order valence-electron chi connectivity index (χ2n) is 9.70. The Balaban J connectivity index is 1.91. The van der Waals surface area contributed by atoms with E-state index >= 15 is 0 Å². The molecular weight excluding hydrogens is 460 g/mol. The third-order valence-corrected chi connectivity index (χ3v) is 6.73. The molecule has 1 unspecified atom stereocenters. The van der Waals surface area contributed by atoms with Gasteiger partial charge in [-0.25, -0.2) is 8.89 Å². The van der Waals surface area contributed by atoms with Crippen LogP contribution in [0.15, 0.2) is 53.6 Å². The minimum Gasteiger partial charge on any atom is -0.384 e. The molecule has 0 spiro atoms. The first kappa shape index (κ1) is 26.3. The van der Waals surface area contributed by atoms with Crippen molar-refractivity contribution in [1.82, 2.24) is 14.5 Å². The third-order valence-electron chi connectivity index (χ3n) is 5.74. The lowest BCUT2D eigenvalue weighted by Crippen LogP contribution is -2.28. The Labute approximate surface area is 209 Å². The van der Waals surface area contributed by atoms with Crippen molar-refractivity contribution in [3.05, 3.63) is 76.5 Å². The zero-order chi connectivity index (χ0) is 25.9. The van der Waals surface area contributed by atoms with Gasteiger partial charge in [-0.3, -0.25) is 9.52 Å². The maximum Gasteiger partial charge on any atom is 0.236 e. The number of hydrogen-bond acceptors (Lipinski definition) is 5. The van der Waals surface area contributed by atoms with Crippen LogP contribution in [-0.2, 0) is 27.8 Å². The van der Waals surface area contributed by atoms with Gasteiger partial charge in [-0.15, -0.1) is 0 Å². The van der Waals surface area contributed by atoms with Gasteiger partial charge >= 0.3 is 0 Å². The van der Waals surface area contributed by atoms with Crippen molar-refractivity contribution in [1.29, 1.82) is 5.26 Å². The molecule has 0 aliphatic rings. The Morgan fingerprint density at radius 1 is 1.11 bits per heavy atom. The van der Waals surface area contributed by atoms with E-state index in [9.17, 15) is 19.4 Å². The maximum atomic E-state index is 13.1. The highest BCUT2D eigenvalue weighted by atomic mass is 32.2. The average Bonchev–Trinajstić information content (AvgIpc) is 3.26. The van der Waals surface area contributed by atoms with E-state index in [1.54, 1.807) is 19.9 Å². The Hall–Kier alpha value is -3.28. The zero-order valence-electron chi connectivity index (χ0n) is 21.0. The number of nitrogens with one attached hydrogen (secondary N) is 1. The largest absolute Gasteiger partial charge is 0.384 e. The van der Waals surface area contributed by atoms with Gasteiger partial charge in [-0.05, 0) is 66.6 Å². The maximum absolute atomic E-state index is 13.1. The molecule has 0 radical (unpaired) electrons. The first-order valence-electron chi connectivity index (χ1n) is 11.6. The summed E-state index contributed by atoms with van der Waals surface area (Å²) in [6.07, 6.45) is 0.0379. The SMILES string of the molecule is CC(C)c1cc(C#N)cc(C(C)C)c1CC(=O)NS(=O)c1cc(C(C)(C)O)n(-c2ccccc2)n1. The first-order chi connectivity index (χ1) is 16.4. The van der Waals surface area contributed by atoms with E-state index in [1.807, 2.05) is 70.2 Å². The number of aromatic nitrogens is 2. The predicted octanol–water partition coefficient (Wildman–Crippen LogP) is 4.60. The normalized spacial score (nSPS) is 12.6. The Kier molecular flexibility index (Phi) is 7.93. The van der Waals surface area contributed by atoms with Crippen LogP contribution in [0.25, 0.3) is 5.69 Å². The lowest BCUT2D eigenvalue weighted by atomic mass is 9.85. The highest BCUT2D eigenvalue weighted by molar-refractivity contribution is 7.83. The molecule has 3 aromatic rings. The van der Waals surface area contributed by atoms with E-state index in [4.69, 9.17) is 0 Å². The Bertz CT molecular complexity index is 1250. The zero-order valence-corrected chi connectivity index (χ0v) is 21.8. The molecule has 0 saturated heterocycles. The van der Waals surface area contributed by atoms with Gasteiger partial charge in [0.05, 0.1) is 29.4 Å². The van der Waals surface area contributed by atoms with Gasteiger partial charge < -0.3 is 5.11 Å². The monoisotopic (exact) mass is 492 g/mol. The lowest BCUT2D eigenvalue weighted by Gasteiger charge is -2.20. The van der Waals surface area contributed by atoms with Gasteiger partial charge in [0.2, 0.25) is 5.91 Å². The quantitative estimate of drug-likeness (QED) is 0.478. The van der Waals surface area contributed by atoms with Crippen LogP contribution in [0.2, 0.25) is 0 Å². The van der Waals surface area contributed by atoms with Crippen molar-refractivity contribution in [2.75, 3.05) is 0 Å². The lowest BCUT2D eigenvalue weighted by molar-refractivity contribution is -0.118. The fraction of sp³-hybridized carbons (Fsp3) is 0.370. The molecule has 7 nitrogen and oxygen atoms in total.